The van der Waals surface area contributed by atoms with Crippen LogP contribution in [0.2, 0.25) is 0 Å². The Bertz CT molecular complexity index is 206. The van der Waals surface area contributed by atoms with Crippen LogP contribution in [0.25, 0.3) is 0 Å². The average Bonchev–Trinajstić information content (AvgIpc) is 2.29. The van der Waals surface area contributed by atoms with Crippen LogP contribution in [0.4, 0.5) is 0 Å². The van der Waals surface area contributed by atoms with Crippen LogP contribution in [-0.4, -0.2) is 37.0 Å². The monoisotopic (exact) mass is 246 g/mol. The van der Waals surface area contributed by atoms with Gasteiger partial charge in [-0.1, -0.05) is 20.3 Å². The van der Waals surface area contributed by atoms with E-state index in [0.717, 1.165) is 6.42 Å². The number of ether oxygens (including phenoxy) is 2. The summed E-state index contributed by atoms with van der Waals surface area (Å²) in [5.41, 5.74) is 0. The topological polar surface area (TPSA) is 55.8 Å². The minimum absolute atomic E-state index is 0.0217. The lowest BCUT2D eigenvalue weighted by molar-refractivity contribution is -0.145. The molecule has 3 unspecified atom stereocenters. The van der Waals surface area contributed by atoms with Crippen molar-refractivity contribution in [3.05, 3.63) is 0 Å². The van der Waals surface area contributed by atoms with Gasteiger partial charge < -0.3 is 14.6 Å². The van der Waals surface area contributed by atoms with E-state index in [1.165, 1.54) is 0 Å². The summed E-state index contributed by atoms with van der Waals surface area (Å²) in [4.78, 5) is 11.1. The first kappa shape index (κ1) is 16.4. The van der Waals surface area contributed by atoms with Crippen LogP contribution in [-0.2, 0) is 14.3 Å². The molecule has 0 aromatic rings. The lowest BCUT2D eigenvalue weighted by Crippen LogP contribution is -2.27. The van der Waals surface area contributed by atoms with Gasteiger partial charge in [-0.15, -0.1) is 0 Å². The Labute approximate surface area is 104 Å². The highest BCUT2D eigenvalue weighted by molar-refractivity contribution is 5.70. The number of aliphatic carboxylic acids is 1. The summed E-state index contributed by atoms with van der Waals surface area (Å²) in [6.07, 6.45) is 1.61. The molecule has 4 heteroatoms. The van der Waals surface area contributed by atoms with Crippen LogP contribution in [0, 0.1) is 11.8 Å². The van der Waals surface area contributed by atoms with Crippen molar-refractivity contribution in [2.75, 3.05) is 19.8 Å². The Hall–Kier alpha value is -0.610. The van der Waals surface area contributed by atoms with Gasteiger partial charge in [0.15, 0.2) is 0 Å². The molecule has 0 fully saturated rings. The van der Waals surface area contributed by atoms with E-state index in [-0.39, 0.29) is 17.9 Å². The highest BCUT2D eigenvalue weighted by Gasteiger charge is 2.24. The summed E-state index contributed by atoms with van der Waals surface area (Å²) in [7, 11) is 0. The second kappa shape index (κ2) is 9.42. The molecule has 0 aliphatic heterocycles. The van der Waals surface area contributed by atoms with Gasteiger partial charge in [0.2, 0.25) is 0 Å². The smallest absolute Gasteiger partial charge is 0.306 e. The van der Waals surface area contributed by atoms with E-state index in [0.29, 0.717) is 26.2 Å². The van der Waals surface area contributed by atoms with E-state index in [1.807, 2.05) is 27.7 Å². The van der Waals surface area contributed by atoms with E-state index in [2.05, 4.69) is 0 Å². The van der Waals surface area contributed by atoms with Gasteiger partial charge in [0.1, 0.15) is 0 Å². The minimum atomic E-state index is -0.722. The van der Waals surface area contributed by atoms with Crippen LogP contribution in [0.1, 0.15) is 40.5 Å². The Morgan fingerprint density at radius 1 is 1.24 bits per heavy atom. The van der Waals surface area contributed by atoms with Gasteiger partial charge in [-0.05, 0) is 26.2 Å². The fourth-order valence-electron chi connectivity index (χ4n) is 1.73. The maximum absolute atomic E-state index is 11.1. The first-order chi connectivity index (χ1) is 8.02. The van der Waals surface area contributed by atoms with Gasteiger partial charge in [-0.25, -0.2) is 0 Å². The molecule has 0 rings (SSSR count). The third-order valence-electron chi connectivity index (χ3n) is 2.80. The maximum atomic E-state index is 11.1. The average molecular weight is 246 g/mol. The molecule has 0 saturated carbocycles. The summed E-state index contributed by atoms with van der Waals surface area (Å²) in [5.74, 6) is -0.990. The van der Waals surface area contributed by atoms with Crippen molar-refractivity contribution >= 4 is 5.97 Å². The lowest BCUT2D eigenvalue weighted by Gasteiger charge is -2.21. The van der Waals surface area contributed by atoms with Crippen LogP contribution in [0.15, 0.2) is 0 Å². The van der Waals surface area contributed by atoms with Crippen molar-refractivity contribution in [3.8, 4) is 0 Å². The summed E-state index contributed by atoms with van der Waals surface area (Å²) < 4.78 is 10.8. The summed E-state index contributed by atoms with van der Waals surface area (Å²) in [6.45, 7) is 9.54. The highest BCUT2D eigenvalue weighted by atomic mass is 16.5. The maximum Gasteiger partial charge on any atom is 0.306 e. The van der Waals surface area contributed by atoms with Gasteiger partial charge in [0.25, 0.3) is 0 Å². The summed E-state index contributed by atoms with van der Waals surface area (Å²) in [6, 6.07) is 0. The molecule has 0 aromatic heterocycles. The van der Waals surface area contributed by atoms with Crippen LogP contribution in [0.5, 0.6) is 0 Å². The molecule has 0 aliphatic carbocycles. The van der Waals surface area contributed by atoms with Crippen molar-refractivity contribution in [1.29, 1.82) is 0 Å². The van der Waals surface area contributed by atoms with E-state index < -0.39 is 5.97 Å². The van der Waals surface area contributed by atoms with Crippen molar-refractivity contribution in [3.63, 3.8) is 0 Å². The predicted molar refractivity (Wildman–Crippen MR) is 67.1 cm³/mol. The molecule has 0 saturated heterocycles. The number of carboxylic acids is 1. The first-order valence-electron chi connectivity index (χ1n) is 6.45. The molecule has 102 valence electrons. The molecule has 0 aromatic carbocycles. The van der Waals surface area contributed by atoms with Gasteiger partial charge >= 0.3 is 5.97 Å². The number of rotatable bonds is 10. The first-order valence-corrected chi connectivity index (χ1v) is 6.45. The number of hydrogen-bond donors (Lipinski definition) is 1. The van der Waals surface area contributed by atoms with Crippen LogP contribution >= 0.6 is 0 Å². The highest BCUT2D eigenvalue weighted by Crippen LogP contribution is 2.18. The van der Waals surface area contributed by atoms with E-state index >= 15 is 0 Å². The minimum Gasteiger partial charge on any atom is -0.481 e. The largest absolute Gasteiger partial charge is 0.481 e. The zero-order chi connectivity index (χ0) is 13.3. The van der Waals surface area contributed by atoms with Gasteiger partial charge in [0, 0.05) is 6.61 Å². The van der Waals surface area contributed by atoms with E-state index in [4.69, 9.17) is 14.6 Å². The van der Waals surface area contributed by atoms with Crippen molar-refractivity contribution < 1.29 is 19.4 Å². The van der Waals surface area contributed by atoms with E-state index in [9.17, 15) is 4.79 Å². The zero-order valence-electron chi connectivity index (χ0n) is 11.4. The zero-order valence-corrected chi connectivity index (χ0v) is 11.4. The normalized spacial score (nSPS) is 16.5. The molecule has 0 amide bonds. The molecule has 1 N–H and O–H groups in total. The van der Waals surface area contributed by atoms with Crippen LogP contribution in [0.3, 0.4) is 0 Å². The predicted octanol–water partition coefficient (Wildman–Crippen LogP) is 2.57. The number of carboxylic acid groups (broad SMARTS) is 1. The molecule has 0 radical (unpaired) electrons. The quantitative estimate of drug-likeness (QED) is 0.643. The lowest BCUT2D eigenvalue weighted by atomic mass is 9.91. The van der Waals surface area contributed by atoms with Crippen molar-refractivity contribution in [2.45, 2.75) is 46.6 Å². The van der Waals surface area contributed by atoms with Crippen molar-refractivity contribution in [2.24, 2.45) is 11.8 Å². The molecule has 3 atom stereocenters. The van der Waals surface area contributed by atoms with Gasteiger partial charge in [0.05, 0.1) is 25.2 Å². The molecular weight excluding hydrogens is 220 g/mol. The third-order valence-corrected chi connectivity index (χ3v) is 2.80. The number of carbonyl (C=O) groups is 1. The second-order valence-electron chi connectivity index (χ2n) is 4.51. The fourth-order valence-corrected chi connectivity index (χ4v) is 1.73. The Kier molecular flexibility index (Phi) is 9.09. The summed E-state index contributed by atoms with van der Waals surface area (Å²) in [5, 5.41) is 9.10. The molecule has 0 aliphatic rings. The SMILES string of the molecule is CCCC(C(=O)O)C(C)COC(C)COCC. The Morgan fingerprint density at radius 3 is 2.35 bits per heavy atom. The van der Waals surface area contributed by atoms with Gasteiger partial charge in [-0.3, -0.25) is 4.79 Å². The Balaban J connectivity index is 3.96. The molecule has 4 nitrogen and oxygen atoms in total. The Morgan fingerprint density at radius 2 is 1.88 bits per heavy atom. The van der Waals surface area contributed by atoms with Crippen LogP contribution < -0.4 is 0 Å². The van der Waals surface area contributed by atoms with E-state index in [1.54, 1.807) is 0 Å². The van der Waals surface area contributed by atoms with Crippen molar-refractivity contribution in [1.82, 2.24) is 0 Å². The third kappa shape index (κ3) is 7.34. The fraction of sp³-hybridized carbons (Fsp3) is 0.923. The second-order valence-corrected chi connectivity index (χ2v) is 4.51. The summed E-state index contributed by atoms with van der Waals surface area (Å²) >= 11 is 0. The molecule has 17 heavy (non-hydrogen) atoms. The standard InChI is InChI=1S/C13H26O4/c1-5-7-12(13(14)15)10(3)8-17-11(4)9-16-6-2/h10-12H,5-9H2,1-4H3,(H,14,15). The molecular formula is C13H26O4. The number of hydrogen-bond acceptors (Lipinski definition) is 3. The molecule has 0 heterocycles. The van der Waals surface area contributed by atoms with Gasteiger partial charge in [-0.2, -0.15) is 0 Å². The molecule has 0 bridgehead atoms. The molecule has 0 spiro atoms.